The molecule has 0 unspecified atom stereocenters. The van der Waals surface area contributed by atoms with Crippen molar-refractivity contribution < 1.29 is 24.3 Å². The summed E-state index contributed by atoms with van der Waals surface area (Å²) in [6.07, 6.45) is 0.0667. The Morgan fingerprint density at radius 1 is 0.962 bits per heavy atom. The van der Waals surface area contributed by atoms with Crippen LogP contribution in [-0.2, 0) is 16.0 Å². The number of carboxylic acid groups (broad SMARTS) is 1. The van der Waals surface area contributed by atoms with E-state index in [1.807, 2.05) is 0 Å². The highest BCUT2D eigenvalue weighted by Gasteiger charge is 2.45. The Morgan fingerprint density at radius 2 is 1.54 bits per heavy atom. The van der Waals surface area contributed by atoms with Crippen LogP contribution in [0.3, 0.4) is 0 Å². The molecule has 0 aliphatic carbocycles. The van der Waals surface area contributed by atoms with Crippen molar-refractivity contribution in [2.45, 2.75) is 18.5 Å². The van der Waals surface area contributed by atoms with Gasteiger partial charge in [0.1, 0.15) is 6.04 Å². The number of imide groups is 1. The second kappa shape index (κ2) is 5.80. The smallest absolute Gasteiger partial charge is 0.330 e. The number of carboxylic acids is 1. The summed E-state index contributed by atoms with van der Waals surface area (Å²) in [6, 6.07) is 10.8. The van der Waals surface area contributed by atoms with Crippen LogP contribution < -0.4 is 5.32 Å². The van der Waals surface area contributed by atoms with Gasteiger partial charge in [-0.2, -0.15) is 0 Å². The molecule has 0 aromatic heterocycles. The highest BCUT2D eigenvalue weighted by molar-refractivity contribution is 6.23. The first kappa shape index (κ1) is 16.0. The third kappa shape index (κ3) is 2.28. The van der Waals surface area contributed by atoms with Crippen molar-refractivity contribution >= 4 is 23.7 Å². The third-order valence-corrected chi connectivity index (χ3v) is 4.75. The molecular weight excluding hydrogens is 336 g/mol. The van der Waals surface area contributed by atoms with Gasteiger partial charge in [0.15, 0.2) is 6.04 Å². The number of benzene rings is 2. The monoisotopic (exact) mass is 350 g/mol. The lowest BCUT2D eigenvalue weighted by Crippen LogP contribution is -2.50. The molecule has 3 amide bonds. The van der Waals surface area contributed by atoms with Gasteiger partial charge in [0, 0.05) is 6.42 Å². The van der Waals surface area contributed by atoms with Gasteiger partial charge in [-0.15, -0.1) is 0 Å². The van der Waals surface area contributed by atoms with Gasteiger partial charge in [0.05, 0.1) is 11.1 Å². The molecule has 0 spiro atoms. The second-order valence-electron chi connectivity index (χ2n) is 6.22. The molecule has 7 nitrogen and oxygen atoms in total. The van der Waals surface area contributed by atoms with Gasteiger partial charge < -0.3 is 10.4 Å². The second-order valence-corrected chi connectivity index (χ2v) is 6.22. The molecule has 2 N–H and O–H groups in total. The van der Waals surface area contributed by atoms with E-state index < -0.39 is 35.8 Å². The quantitative estimate of drug-likeness (QED) is 0.791. The van der Waals surface area contributed by atoms with Crippen molar-refractivity contribution in [3.8, 4) is 0 Å². The van der Waals surface area contributed by atoms with Gasteiger partial charge in [-0.05, 0) is 23.3 Å². The highest BCUT2D eigenvalue weighted by Crippen LogP contribution is 2.30. The zero-order valence-electron chi connectivity index (χ0n) is 13.5. The van der Waals surface area contributed by atoms with Crippen LogP contribution in [0.25, 0.3) is 0 Å². The van der Waals surface area contributed by atoms with E-state index in [-0.39, 0.29) is 17.5 Å². The summed E-state index contributed by atoms with van der Waals surface area (Å²) < 4.78 is 0. The first-order valence-corrected chi connectivity index (χ1v) is 8.07. The number of fused-ring (bicyclic) bond motifs is 2. The Balaban J connectivity index is 1.77. The van der Waals surface area contributed by atoms with Crippen molar-refractivity contribution in [3.05, 3.63) is 70.8 Å². The summed E-state index contributed by atoms with van der Waals surface area (Å²) in [5.41, 5.74) is 1.56. The van der Waals surface area contributed by atoms with Crippen molar-refractivity contribution in [3.63, 3.8) is 0 Å². The molecule has 2 aliphatic rings. The van der Waals surface area contributed by atoms with Crippen molar-refractivity contribution in [1.29, 1.82) is 0 Å². The number of nitrogens with zero attached hydrogens (tertiary/aromatic N) is 1. The molecular formula is C19H14N2O5. The van der Waals surface area contributed by atoms with Crippen molar-refractivity contribution in [2.75, 3.05) is 0 Å². The fourth-order valence-corrected chi connectivity index (χ4v) is 3.51. The summed E-state index contributed by atoms with van der Waals surface area (Å²) in [5.74, 6) is -2.95. The van der Waals surface area contributed by atoms with Crippen LogP contribution in [0.1, 0.15) is 37.9 Å². The fourth-order valence-electron chi connectivity index (χ4n) is 3.51. The number of amides is 3. The minimum atomic E-state index is -1.22. The normalized spacial score (nSPS) is 21.7. The van der Waals surface area contributed by atoms with E-state index in [9.17, 15) is 24.3 Å². The van der Waals surface area contributed by atoms with E-state index in [4.69, 9.17) is 0 Å². The standard InChI is InChI=1S/C19H14N2O5/c22-16-14(21-17(23)12-7-3-4-8-13(12)18(21)24)9-10-5-1-2-6-11(10)15(20-16)19(25)26/h1-8,14-15H,9H2,(H,20,22)(H,25,26)/t14-,15+/m0/s1. The predicted molar refractivity (Wildman–Crippen MR) is 89.4 cm³/mol. The number of nitrogens with one attached hydrogen (secondary N) is 1. The molecule has 0 saturated heterocycles. The molecule has 26 heavy (non-hydrogen) atoms. The average molecular weight is 350 g/mol. The number of aliphatic carboxylic acids is 1. The van der Waals surface area contributed by atoms with Gasteiger partial charge in [0.2, 0.25) is 5.91 Å². The summed E-state index contributed by atoms with van der Waals surface area (Å²) in [5, 5.41) is 11.9. The maximum atomic E-state index is 12.7. The first-order valence-electron chi connectivity index (χ1n) is 8.07. The molecule has 2 aromatic rings. The molecule has 7 heteroatoms. The summed E-state index contributed by atoms with van der Waals surface area (Å²) >= 11 is 0. The Kier molecular flexibility index (Phi) is 3.57. The molecule has 0 bridgehead atoms. The van der Waals surface area contributed by atoms with Crippen LogP contribution in [0.2, 0.25) is 0 Å². The minimum absolute atomic E-state index is 0.0667. The van der Waals surface area contributed by atoms with Crippen molar-refractivity contribution in [1.82, 2.24) is 10.2 Å². The summed E-state index contributed by atoms with van der Waals surface area (Å²) in [6.45, 7) is 0. The topological polar surface area (TPSA) is 104 Å². The van der Waals surface area contributed by atoms with E-state index in [0.29, 0.717) is 11.1 Å². The Morgan fingerprint density at radius 3 is 2.15 bits per heavy atom. The van der Waals surface area contributed by atoms with Crippen LogP contribution in [0.15, 0.2) is 48.5 Å². The van der Waals surface area contributed by atoms with Gasteiger partial charge in [-0.25, -0.2) is 4.79 Å². The SMILES string of the molecule is O=C(O)[C@@H]1NC(=O)[C@@H](N2C(=O)c3ccccc3C2=O)Cc2ccccc21. The molecule has 130 valence electrons. The van der Waals surface area contributed by atoms with Crippen LogP contribution >= 0.6 is 0 Å². The van der Waals surface area contributed by atoms with Crippen LogP contribution in [0.5, 0.6) is 0 Å². The van der Waals surface area contributed by atoms with Gasteiger partial charge in [-0.1, -0.05) is 36.4 Å². The highest BCUT2D eigenvalue weighted by atomic mass is 16.4. The summed E-state index contributed by atoms with van der Waals surface area (Å²) in [4.78, 5) is 50.6. The zero-order valence-corrected chi connectivity index (χ0v) is 13.5. The molecule has 4 rings (SSSR count). The van der Waals surface area contributed by atoms with Gasteiger partial charge >= 0.3 is 5.97 Å². The van der Waals surface area contributed by atoms with E-state index in [1.54, 1.807) is 36.4 Å². The number of hydrogen-bond donors (Lipinski definition) is 2. The Bertz CT molecular complexity index is 933. The molecule has 2 atom stereocenters. The van der Waals surface area contributed by atoms with E-state index in [0.717, 1.165) is 4.90 Å². The number of carbonyl (C=O) groups is 4. The average Bonchev–Trinajstić information content (AvgIpc) is 2.79. The third-order valence-electron chi connectivity index (χ3n) is 4.75. The minimum Gasteiger partial charge on any atom is -0.479 e. The zero-order chi connectivity index (χ0) is 18.4. The lowest BCUT2D eigenvalue weighted by Gasteiger charge is -2.24. The largest absolute Gasteiger partial charge is 0.479 e. The molecule has 0 fully saturated rings. The van der Waals surface area contributed by atoms with Gasteiger partial charge in [-0.3, -0.25) is 19.3 Å². The number of rotatable bonds is 2. The first-order chi connectivity index (χ1) is 12.5. The lowest BCUT2D eigenvalue weighted by atomic mass is 9.97. The fraction of sp³-hybridized carbons (Fsp3) is 0.158. The molecule has 2 aromatic carbocycles. The maximum absolute atomic E-state index is 12.7. The lowest BCUT2D eigenvalue weighted by molar-refractivity contribution is -0.142. The molecule has 2 heterocycles. The van der Waals surface area contributed by atoms with E-state index >= 15 is 0 Å². The molecule has 0 saturated carbocycles. The van der Waals surface area contributed by atoms with Gasteiger partial charge in [0.25, 0.3) is 11.8 Å². The van der Waals surface area contributed by atoms with E-state index in [2.05, 4.69) is 5.32 Å². The Hall–Kier alpha value is -3.48. The maximum Gasteiger partial charge on any atom is 0.330 e. The van der Waals surface area contributed by atoms with Crippen molar-refractivity contribution in [2.24, 2.45) is 0 Å². The van der Waals surface area contributed by atoms with Crippen LogP contribution in [-0.4, -0.2) is 39.7 Å². The number of carbonyl (C=O) groups excluding carboxylic acids is 3. The Labute approximate surface area is 148 Å². The predicted octanol–water partition coefficient (Wildman–Crippen LogP) is 1.15. The van der Waals surface area contributed by atoms with Crippen LogP contribution in [0.4, 0.5) is 0 Å². The molecule has 2 aliphatic heterocycles. The van der Waals surface area contributed by atoms with E-state index in [1.165, 1.54) is 12.1 Å². The molecule has 0 radical (unpaired) electrons. The number of hydrogen-bond acceptors (Lipinski definition) is 4. The summed E-state index contributed by atoms with van der Waals surface area (Å²) in [7, 11) is 0. The van der Waals surface area contributed by atoms with Crippen LogP contribution in [0, 0.1) is 0 Å².